The van der Waals surface area contributed by atoms with E-state index >= 15 is 0 Å². The van der Waals surface area contributed by atoms with E-state index in [9.17, 15) is 9.59 Å². The zero-order valence-electron chi connectivity index (χ0n) is 15.7. The SMILES string of the molecule is COC(=O)c1ccc(CCC2CCN(C(=O)OC(C)(C)C)CC2)cc1. The molecule has 0 N–H and O–H groups in total. The van der Waals surface area contributed by atoms with Gasteiger partial charge in [-0.3, -0.25) is 0 Å². The van der Waals surface area contributed by atoms with Gasteiger partial charge in [-0.15, -0.1) is 0 Å². The Bertz CT molecular complexity index is 581. The number of carbonyl (C=O) groups is 2. The van der Waals surface area contributed by atoms with Crippen molar-refractivity contribution in [2.24, 2.45) is 5.92 Å². The number of aryl methyl sites for hydroxylation is 1. The summed E-state index contributed by atoms with van der Waals surface area (Å²) in [7, 11) is 1.39. The lowest BCUT2D eigenvalue weighted by Gasteiger charge is -2.33. The summed E-state index contributed by atoms with van der Waals surface area (Å²) in [5.74, 6) is 0.319. The summed E-state index contributed by atoms with van der Waals surface area (Å²) in [6, 6.07) is 7.60. The van der Waals surface area contributed by atoms with Gasteiger partial charge in [0, 0.05) is 13.1 Å². The molecule has 1 aromatic carbocycles. The molecule has 0 saturated carbocycles. The molecule has 0 atom stereocenters. The molecule has 1 aliphatic heterocycles. The molecule has 1 amide bonds. The molecule has 0 radical (unpaired) electrons. The van der Waals surface area contributed by atoms with Crippen LogP contribution in [0, 0.1) is 5.92 Å². The summed E-state index contributed by atoms with van der Waals surface area (Å²) in [6.07, 6.45) is 3.90. The van der Waals surface area contributed by atoms with Crippen LogP contribution < -0.4 is 0 Å². The van der Waals surface area contributed by atoms with Crippen LogP contribution in [-0.2, 0) is 15.9 Å². The Labute approximate surface area is 150 Å². The van der Waals surface area contributed by atoms with Gasteiger partial charge >= 0.3 is 12.1 Å². The molecule has 0 aromatic heterocycles. The zero-order valence-corrected chi connectivity index (χ0v) is 15.7. The Morgan fingerprint density at radius 3 is 2.24 bits per heavy atom. The van der Waals surface area contributed by atoms with Crippen molar-refractivity contribution in [3.05, 3.63) is 35.4 Å². The molecular formula is C20H29NO4. The average molecular weight is 347 g/mol. The number of methoxy groups -OCH3 is 1. The van der Waals surface area contributed by atoms with E-state index in [-0.39, 0.29) is 12.1 Å². The Balaban J connectivity index is 1.75. The van der Waals surface area contributed by atoms with Gasteiger partial charge in [0.1, 0.15) is 5.60 Å². The Morgan fingerprint density at radius 1 is 1.12 bits per heavy atom. The molecule has 5 nitrogen and oxygen atoms in total. The highest BCUT2D eigenvalue weighted by molar-refractivity contribution is 5.89. The van der Waals surface area contributed by atoms with Gasteiger partial charge in [-0.25, -0.2) is 9.59 Å². The normalized spacial score (nSPS) is 15.8. The molecule has 1 fully saturated rings. The number of amides is 1. The predicted molar refractivity (Wildman–Crippen MR) is 96.6 cm³/mol. The number of carbonyl (C=O) groups excluding carboxylic acids is 2. The van der Waals surface area contributed by atoms with E-state index in [4.69, 9.17) is 9.47 Å². The summed E-state index contributed by atoms with van der Waals surface area (Å²) >= 11 is 0. The van der Waals surface area contributed by atoms with Gasteiger partial charge in [0.25, 0.3) is 0 Å². The number of ether oxygens (including phenoxy) is 2. The number of hydrogen-bond acceptors (Lipinski definition) is 4. The van der Waals surface area contributed by atoms with Crippen LogP contribution in [0.4, 0.5) is 4.79 Å². The maximum atomic E-state index is 12.1. The molecule has 0 unspecified atom stereocenters. The van der Waals surface area contributed by atoms with Gasteiger partial charge in [0.2, 0.25) is 0 Å². The fourth-order valence-electron chi connectivity index (χ4n) is 3.03. The summed E-state index contributed by atoms with van der Waals surface area (Å²) in [6.45, 7) is 7.21. The molecule has 0 bridgehead atoms. The van der Waals surface area contributed by atoms with Crippen molar-refractivity contribution >= 4 is 12.1 Å². The molecule has 1 heterocycles. The molecule has 1 aromatic rings. The highest BCUT2D eigenvalue weighted by atomic mass is 16.6. The molecule has 25 heavy (non-hydrogen) atoms. The van der Waals surface area contributed by atoms with Crippen LogP contribution >= 0.6 is 0 Å². The van der Waals surface area contributed by atoms with Crippen LogP contribution in [0.15, 0.2) is 24.3 Å². The number of piperidine rings is 1. The van der Waals surface area contributed by atoms with Crippen LogP contribution in [0.25, 0.3) is 0 Å². The van der Waals surface area contributed by atoms with E-state index in [2.05, 4.69) is 0 Å². The van der Waals surface area contributed by atoms with Crippen molar-refractivity contribution in [1.29, 1.82) is 0 Å². The Morgan fingerprint density at radius 2 is 1.72 bits per heavy atom. The van der Waals surface area contributed by atoms with Gasteiger partial charge in [-0.05, 0) is 70.1 Å². The van der Waals surface area contributed by atoms with Crippen molar-refractivity contribution in [3.8, 4) is 0 Å². The lowest BCUT2D eigenvalue weighted by molar-refractivity contribution is 0.0181. The van der Waals surface area contributed by atoms with Gasteiger partial charge < -0.3 is 14.4 Å². The number of benzene rings is 1. The van der Waals surface area contributed by atoms with E-state index < -0.39 is 5.60 Å². The second-order valence-corrected chi connectivity index (χ2v) is 7.64. The minimum absolute atomic E-state index is 0.204. The largest absolute Gasteiger partial charge is 0.465 e. The van der Waals surface area contributed by atoms with Gasteiger partial charge in [0.15, 0.2) is 0 Å². The standard InChI is InChI=1S/C20H29NO4/c1-20(2,3)25-19(23)21-13-11-16(12-14-21)6-5-15-7-9-17(10-8-15)18(22)24-4/h7-10,16H,5-6,11-14H2,1-4H3. The number of hydrogen-bond donors (Lipinski definition) is 0. The lowest BCUT2D eigenvalue weighted by atomic mass is 9.90. The monoisotopic (exact) mass is 347 g/mol. The summed E-state index contributed by atoms with van der Waals surface area (Å²) in [4.78, 5) is 25.3. The molecule has 1 aliphatic rings. The van der Waals surface area contributed by atoms with E-state index in [1.54, 1.807) is 0 Å². The third kappa shape index (κ3) is 6.07. The quantitative estimate of drug-likeness (QED) is 0.771. The Kier molecular flexibility index (Phi) is 6.45. The predicted octanol–water partition coefficient (Wildman–Crippen LogP) is 4.05. The first kappa shape index (κ1) is 19.3. The maximum Gasteiger partial charge on any atom is 0.410 e. The molecule has 5 heteroatoms. The van der Waals surface area contributed by atoms with Crippen molar-refractivity contribution in [3.63, 3.8) is 0 Å². The maximum absolute atomic E-state index is 12.1. The molecule has 1 saturated heterocycles. The molecule has 0 spiro atoms. The molecule has 2 rings (SSSR count). The van der Waals surface area contributed by atoms with Crippen molar-refractivity contribution in [1.82, 2.24) is 4.90 Å². The number of likely N-dealkylation sites (tertiary alicyclic amines) is 1. The first-order valence-corrected chi connectivity index (χ1v) is 8.93. The highest BCUT2D eigenvalue weighted by Crippen LogP contribution is 2.24. The van der Waals surface area contributed by atoms with Crippen LogP contribution in [0.5, 0.6) is 0 Å². The summed E-state index contributed by atoms with van der Waals surface area (Å²) < 4.78 is 10.1. The van der Waals surface area contributed by atoms with E-state index in [0.717, 1.165) is 38.8 Å². The Hall–Kier alpha value is -2.04. The second-order valence-electron chi connectivity index (χ2n) is 7.64. The van der Waals surface area contributed by atoms with E-state index in [1.807, 2.05) is 49.9 Å². The first-order valence-electron chi connectivity index (χ1n) is 8.93. The van der Waals surface area contributed by atoms with E-state index in [0.29, 0.717) is 11.5 Å². The van der Waals surface area contributed by atoms with Gasteiger partial charge in [-0.2, -0.15) is 0 Å². The number of rotatable bonds is 4. The first-order chi connectivity index (χ1) is 11.8. The van der Waals surface area contributed by atoms with Crippen molar-refractivity contribution in [2.45, 2.75) is 52.1 Å². The smallest absolute Gasteiger partial charge is 0.410 e. The topological polar surface area (TPSA) is 55.8 Å². The van der Waals surface area contributed by atoms with Gasteiger partial charge in [-0.1, -0.05) is 12.1 Å². The molecular weight excluding hydrogens is 318 g/mol. The van der Waals surface area contributed by atoms with Crippen LogP contribution in [0.1, 0.15) is 56.0 Å². The van der Waals surface area contributed by atoms with E-state index in [1.165, 1.54) is 12.7 Å². The number of nitrogens with zero attached hydrogens (tertiary/aromatic N) is 1. The summed E-state index contributed by atoms with van der Waals surface area (Å²) in [5.41, 5.74) is 1.36. The fourth-order valence-corrected chi connectivity index (χ4v) is 3.03. The van der Waals surface area contributed by atoms with Gasteiger partial charge in [0.05, 0.1) is 12.7 Å². The minimum Gasteiger partial charge on any atom is -0.465 e. The third-order valence-corrected chi connectivity index (χ3v) is 4.48. The number of esters is 1. The fraction of sp³-hybridized carbons (Fsp3) is 0.600. The molecule has 138 valence electrons. The molecule has 0 aliphatic carbocycles. The average Bonchev–Trinajstić information content (AvgIpc) is 2.58. The van der Waals surface area contributed by atoms with Crippen molar-refractivity contribution in [2.75, 3.05) is 20.2 Å². The lowest BCUT2D eigenvalue weighted by Crippen LogP contribution is -2.41. The van der Waals surface area contributed by atoms with Crippen LogP contribution in [-0.4, -0.2) is 42.8 Å². The summed E-state index contributed by atoms with van der Waals surface area (Å²) in [5, 5.41) is 0. The second kappa shape index (κ2) is 8.37. The highest BCUT2D eigenvalue weighted by Gasteiger charge is 2.26. The third-order valence-electron chi connectivity index (χ3n) is 4.48. The van der Waals surface area contributed by atoms with Crippen LogP contribution in [0.3, 0.4) is 0 Å². The van der Waals surface area contributed by atoms with Crippen molar-refractivity contribution < 1.29 is 19.1 Å². The zero-order chi connectivity index (χ0) is 18.4. The van der Waals surface area contributed by atoms with Crippen LogP contribution in [0.2, 0.25) is 0 Å². The minimum atomic E-state index is -0.440.